The summed E-state index contributed by atoms with van der Waals surface area (Å²) >= 11 is 0. The molecule has 1 aliphatic carbocycles. The SMILES string of the molecule is Cc1ccc(C2CC2CCF)cc1. The van der Waals surface area contributed by atoms with E-state index in [1.165, 1.54) is 17.5 Å². The standard InChI is InChI=1S/C12H15F/c1-9-2-4-10(5-3-9)12-8-11(12)6-7-13/h2-5,11-12H,6-8H2,1H3. The lowest BCUT2D eigenvalue weighted by Crippen LogP contribution is -1.85. The van der Waals surface area contributed by atoms with Gasteiger partial charge >= 0.3 is 0 Å². The molecule has 0 N–H and O–H groups in total. The van der Waals surface area contributed by atoms with Crippen LogP contribution in [0.1, 0.15) is 29.9 Å². The molecule has 70 valence electrons. The van der Waals surface area contributed by atoms with Gasteiger partial charge in [0.1, 0.15) is 0 Å². The van der Waals surface area contributed by atoms with Crippen LogP contribution in [0.3, 0.4) is 0 Å². The smallest absolute Gasteiger partial charge is 0.0897 e. The minimum absolute atomic E-state index is 0.160. The van der Waals surface area contributed by atoms with E-state index >= 15 is 0 Å². The summed E-state index contributed by atoms with van der Waals surface area (Å²) in [7, 11) is 0. The highest BCUT2D eigenvalue weighted by Crippen LogP contribution is 2.49. The second-order valence-electron chi connectivity index (χ2n) is 3.99. The molecule has 0 heterocycles. The summed E-state index contributed by atoms with van der Waals surface area (Å²) < 4.78 is 12.0. The molecule has 0 aromatic heterocycles. The van der Waals surface area contributed by atoms with Gasteiger partial charge in [0.05, 0.1) is 6.67 Å². The second kappa shape index (κ2) is 3.49. The minimum atomic E-state index is -0.160. The van der Waals surface area contributed by atoms with Crippen LogP contribution in [0.5, 0.6) is 0 Å². The molecule has 13 heavy (non-hydrogen) atoms. The number of benzene rings is 1. The predicted octanol–water partition coefficient (Wildman–Crippen LogP) is 3.46. The molecular formula is C12H15F. The van der Waals surface area contributed by atoms with Crippen LogP contribution in [0, 0.1) is 12.8 Å². The zero-order valence-electron chi connectivity index (χ0n) is 7.96. The lowest BCUT2D eigenvalue weighted by Gasteiger charge is -1.99. The van der Waals surface area contributed by atoms with Gasteiger partial charge in [-0.05, 0) is 37.2 Å². The Morgan fingerprint density at radius 2 is 2.00 bits per heavy atom. The van der Waals surface area contributed by atoms with E-state index < -0.39 is 0 Å². The van der Waals surface area contributed by atoms with E-state index in [4.69, 9.17) is 0 Å². The summed E-state index contributed by atoms with van der Waals surface area (Å²) in [5, 5.41) is 0. The highest BCUT2D eigenvalue weighted by Gasteiger charge is 2.37. The molecule has 1 heteroatoms. The lowest BCUT2D eigenvalue weighted by molar-refractivity contribution is 0.450. The van der Waals surface area contributed by atoms with Gasteiger partial charge in [-0.25, -0.2) is 0 Å². The zero-order chi connectivity index (χ0) is 9.26. The largest absolute Gasteiger partial charge is 0.251 e. The van der Waals surface area contributed by atoms with Crippen molar-refractivity contribution in [3.63, 3.8) is 0 Å². The highest BCUT2D eigenvalue weighted by molar-refractivity contribution is 5.28. The van der Waals surface area contributed by atoms with Crippen molar-refractivity contribution in [2.45, 2.75) is 25.7 Å². The fourth-order valence-electron chi connectivity index (χ4n) is 1.93. The fourth-order valence-corrected chi connectivity index (χ4v) is 1.93. The molecule has 2 atom stereocenters. The van der Waals surface area contributed by atoms with E-state index in [-0.39, 0.29) is 6.67 Å². The topological polar surface area (TPSA) is 0 Å². The van der Waals surface area contributed by atoms with Crippen LogP contribution >= 0.6 is 0 Å². The van der Waals surface area contributed by atoms with Gasteiger partial charge in [0.25, 0.3) is 0 Å². The first-order valence-corrected chi connectivity index (χ1v) is 4.94. The van der Waals surface area contributed by atoms with Crippen molar-refractivity contribution in [3.05, 3.63) is 35.4 Å². The van der Waals surface area contributed by atoms with Gasteiger partial charge in [-0.15, -0.1) is 0 Å². The third-order valence-electron chi connectivity index (χ3n) is 2.91. The third kappa shape index (κ3) is 1.90. The lowest BCUT2D eigenvalue weighted by atomic mass is 10.1. The Morgan fingerprint density at radius 1 is 1.31 bits per heavy atom. The predicted molar refractivity (Wildman–Crippen MR) is 52.6 cm³/mol. The van der Waals surface area contributed by atoms with Crippen LogP contribution in [-0.4, -0.2) is 6.67 Å². The van der Waals surface area contributed by atoms with Crippen molar-refractivity contribution in [2.75, 3.05) is 6.67 Å². The number of rotatable bonds is 3. The summed E-state index contributed by atoms with van der Waals surface area (Å²) in [6, 6.07) is 8.64. The first kappa shape index (κ1) is 8.74. The van der Waals surface area contributed by atoms with Crippen LogP contribution < -0.4 is 0 Å². The molecule has 1 saturated carbocycles. The van der Waals surface area contributed by atoms with Crippen LogP contribution in [0.15, 0.2) is 24.3 Å². The zero-order valence-corrected chi connectivity index (χ0v) is 7.96. The number of hydrogen-bond donors (Lipinski definition) is 0. The molecule has 0 spiro atoms. The quantitative estimate of drug-likeness (QED) is 0.665. The molecule has 0 aliphatic heterocycles. The van der Waals surface area contributed by atoms with E-state index in [1.54, 1.807) is 0 Å². The van der Waals surface area contributed by atoms with Crippen molar-refractivity contribution < 1.29 is 4.39 Å². The van der Waals surface area contributed by atoms with E-state index in [9.17, 15) is 4.39 Å². The molecular weight excluding hydrogens is 163 g/mol. The minimum Gasteiger partial charge on any atom is -0.251 e. The van der Waals surface area contributed by atoms with Crippen LogP contribution in [-0.2, 0) is 0 Å². The first-order chi connectivity index (χ1) is 6.31. The van der Waals surface area contributed by atoms with Crippen molar-refractivity contribution in [1.29, 1.82) is 0 Å². The fraction of sp³-hybridized carbons (Fsp3) is 0.500. The summed E-state index contributed by atoms with van der Waals surface area (Å²) in [6.07, 6.45) is 1.94. The second-order valence-corrected chi connectivity index (χ2v) is 3.99. The normalized spacial score (nSPS) is 26.0. The number of hydrogen-bond acceptors (Lipinski definition) is 0. The van der Waals surface area contributed by atoms with Crippen molar-refractivity contribution in [2.24, 2.45) is 5.92 Å². The van der Waals surface area contributed by atoms with E-state index in [0.717, 1.165) is 6.42 Å². The van der Waals surface area contributed by atoms with E-state index in [2.05, 4.69) is 31.2 Å². The Balaban J connectivity index is 2.00. The maximum atomic E-state index is 12.0. The van der Waals surface area contributed by atoms with Crippen molar-refractivity contribution >= 4 is 0 Å². The maximum Gasteiger partial charge on any atom is 0.0897 e. The van der Waals surface area contributed by atoms with E-state index in [1.807, 2.05) is 0 Å². The van der Waals surface area contributed by atoms with E-state index in [0.29, 0.717) is 11.8 Å². The maximum absolute atomic E-state index is 12.0. The van der Waals surface area contributed by atoms with Crippen molar-refractivity contribution in [3.8, 4) is 0 Å². The molecule has 0 radical (unpaired) electrons. The molecule has 1 aliphatic rings. The number of aryl methyl sites for hydroxylation is 1. The van der Waals surface area contributed by atoms with Gasteiger partial charge < -0.3 is 0 Å². The van der Waals surface area contributed by atoms with Gasteiger partial charge in [0.15, 0.2) is 0 Å². The Kier molecular flexibility index (Phi) is 2.34. The summed E-state index contributed by atoms with van der Waals surface area (Å²) in [5.41, 5.74) is 2.69. The van der Waals surface area contributed by atoms with Crippen LogP contribution in [0.2, 0.25) is 0 Å². The van der Waals surface area contributed by atoms with Gasteiger partial charge in [0, 0.05) is 0 Å². The van der Waals surface area contributed by atoms with Gasteiger partial charge in [0.2, 0.25) is 0 Å². The molecule has 1 aromatic carbocycles. The summed E-state index contributed by atoms with van der Waals surface area (Å²) in [5.74, 6) is 1.27. The van der Waals surface area contributed by atoms with Gasteiger partial charge in [-0.1, -0.05) is 29.8 Å². The third-order valence-corrected chi connectivity index (χ3v) is 2.91. The Bertz CT molecular complexity index is 276. The summed E-state index contributed by atoms with van der Waals surface area (Å²) in [4.78, 5) is 0. The highest BCUT2D eigenvalue weighted by atomic mass is 19.1. The van der Waals surface area contributed by atoms with Crippen molar-refractivity contribution in [1.82, 2.24) is 0 Å². The molecule has 2 unspecified atom stereocenters. The number of alkyl halides is 1. The molecule has 0 bridgehead atoms. The molecule has 0 saturated heterocycles. The van der Waals surface area contributed by atoms with Crippen LogP contribution in [0.4, 0.5) is 4.39 Å². The summed E-state index contributed by atoms with van der Waals surface area (Å²) in [6.45, 7) is 1.93. The monoisotopic (exact) mass is 178 g/mol. The average molecular weight is 178 g/mol. The Hall–Kier alpha value is -0.850. The molecule has 1 aromatic rings. The van der Waals surface area contributed by atoms with Crippen LogP contribution in [0.25, 0.3) is 0 Å². The first-order valence-electron chi connectivity index (χ1n) is 4.94. The average Bonchev–Trinajstić information content (AvgIpc) is 2.86. The number of halogens is 1. The molecule has 1 fully saturated rings. The van der Waals surface area contributed by atoms with Gasteiger partial charge in [-0.2, -0.15) is 0 Å². The molecule has 0 nitrogen and oxygen atoms in total. The Morgan fingerprint density at radius 3 is 2.62 bits per heavy atom. The molecule has 0 amide bonds. The Labute approximate surface area is 78.8 Å². The molecule has 2 rings (SSSR count). The van der Waals surface area contributed by atoms with Gasteiger partial charge in [-0.3, -0.25) is 4.39 Å².